The number of aryl methyl sites for hydroxylation is 2. The van der Waals surface area contributed by atoms with Crippen molar-refractivity contribution in [1.29, 1.82) is 0 Å². The zero-order valence-corrected chi connectivity index (χ0v) is 20.6. The van der Waals surface area contributed by atoms with Crippen molar-refractivity contribution in [3.63, 3.8) is 0 Å². The molecule has 0 fully saturated rings. The van der Waals surface area contributed by atoms with Crippen LogP contribution in [0, 0.1) is 31.6 Å². The number of benzene rings is 3. The lowest BCUT2D eigenvalue weighted by atomic mass is 9.82. The van der Waals surface area contributed by atoms with Gasteiger partial charge in [0.05, 0.1) is 5.92 Å². The first-order valence-corrected chi connectivity index (χ1v) is 11.8. The molecule has 0 radical (unpaired) electrons. The van der Waals surface area contributed by atoms with Crippen LogP contribution in [0.15, 0.2) is 72.8 Å². The standard InChI is InChI=1S/C30H35NO2/c1-20(2)29(32)28(30(33)21(3)4)19-24-11-17-27(18-12-24)31(25-13-7-22(5)8-14-25)26-15-9-23(6)10-16-26/h7-18,20-21,28H,19H2,1-6H3. The highest BCUT2D eigenvalue weighted by atomic mass is 16.2. The predicted molar refractivity (Wildman–Crippen MR) is 137 cm³/mol. The molecule has 0 saturated carbocycles. The average Bonchev–Trinajstić information content (AvgIpc) is 2.80. The molecule has 0 atom stereocenters. The molecule has 0 saturated heterocycles. The largest absolute Gasteiger partial charge is 0.311 e. The van der Waals surface area contributed by atoms with Crippen LogP contribution in [0.1, 0.15) is 44.4 Å². The van der Waals surface area contributed by atoms with E-state index in [1.54, 1.807) is 0 Å². The molecule has 0 aliphatic rings. The molecular formula is C30H35NO2. The van der Waals surface area contributed by atoms with E-state index in [0.717, 1.165) is 22.6 Å². The number of hydrogen-bond donors (Lipinski definition) is 0. The molecule has 33 heavy (non-hydrogen) atoms. The van der Waals surface area contributed by atoms with E-state index in [2.05, 4.69) is 79.4 Å². The summed E-state index contributed by atoms with van der Waals surface area (Å²) in [5, 5.41) is 0. The summed E-state index contributed by atoms with van der Waals surface area (Å²) in [5.74, 6) is -0.843. The van der Waals surface area contributed by atoms with Crippen LogP contribution >= 0.6 is 0 Å². The topological polar surface area (TPSA) is 37.4 Å². The Morgan fingerprint density at radius 2 is 0.939 bits per heavy atom. The molecule has 0 heterocycles. The highest BCUT2D eigenvalue weighted by molar-refractivity contribution is 6.04. The molecule has 0 aliphatic heterocycles. The number of rotatable bonds is 9. The maximum Gasteiger partial charge on any atom is 0.146 e. The summed E-state index contributed by atoms with van der Waals surface area (Å²) >= 11 is 0. The van der Waals surface area contributed by atoms with Crippen LogP contribution in [0.25, 0.3) is 0 Å². The van der Waals surface area contributed by atoms with Crippen molar-refractivity contribution in [1.82, 2.24) is 0 Å². The van der Waals surface area contributed by atoms with E-state index in [1.165, 1.54) is 11.1 Å². The van der Waals surface area contributed by atoms with Crippen molar-refractivity contribution in [2.45, 2.75) is 48.0 Å². The van der Waals surface area contributed by atoms with Gasteiger partial charge in [-0.3, -0.25) is 9.59 Å². The fraction of sp³-hybridized carbons (Fsp3) is 0.333. The van der Waals surface area contributed by atoms with Gasteiger partial charge < -0.3 is 4.90 Å². The molecule has 0 aliphatic carbocycles. The van der Waals surface area contributed by atoms with Crippen molar-refractivity contribution in [2.24, 2.45) is 17.8 Å². The van der Waals surface area contributed by atoms with Crippen molar-refractivity contribution in [2.75, 3.05) is 4.90 Å². The third-order valence-corrected chi connectivity index (χ3v) is 6.04. The van der Waals surface area contributed by atoms with Crippen molar-refractivity contribution >= 4 is 28.6 Å². The van der Waals surface area contributed by atoms with Crippen LogP contribution in [-0.2, 0) is 16.0 Å². The Balaban J connectivity index is 1.94. The number of Topliss-reactive ketones (excluding diaryl/α,β-unsaturated/α-hetero) is 2. The number of carbonyl (C=O) groups excluding carboxylic acids is 2. The van der Waals surface area contributed by atoms with E-state index >= 15 is 0 Å². The molecule has 0 amide bonds. The first kappa shape index (κ1) is 24.4. The Labute approximate surface area is 198 Å². The molecule has 172 valence electrons. The molecule has 0 aromatic heterocycles. The molecule has 0 bridgehead atoms. The Morgan fingerprint density at radius 3 is 1.27 bits per heavy atom. The van der Waals surface area contributed by atoms with Gasteiger partial charge in [0.1, 0.15) is 11.6 Å². The third-order valence-electron chi connectivity index (χ3n) is 6.04. The van der Waals surface area contributed by atoms with Gasteiger partial charge in [-0.1, -0.05) is 75.2 Å². The number of nitrogens with zero attached hydrogens (tertiary/aromatic N) is 1. The normalized spacial score (nSPS) is 11.3. The van der Waals surface area contributed by atoms with Crippen LogP contribution in [0.2, 0.25) is 0 Å². The highest BCUT2D eigenvalue weighted by Gasteiger charge is 2.30. The minimum Gasteiger partial charge on any atom is -0.311 e. The summed E-state index contributed by atoms with van der Waals surface area (Å²) in [6.45, 7) is 11.6. The van der Waals surface area contributed by atoms with Crippen LogP contribution < -0.4 is 4.90 Å². The van der Waals surface area contributed by atoms with Gasteiger partial charge in [0, 0.05) is 28.9 Å². The molecule has 3 heteroatoms. The molecule has 0 unspecified atom stereocenters. The van der Waals surface area contributed by atoms with Gasteiger partial charge in [0.15, 0.2) is 0 Å². The van der Waals surface area contributed by atoms with E-state index < -0.39 is 5.92 Å². The first-order valence-electron chi connectivity index (χ1n) is 11.8. The smallest absolute Gasteiger partial charge is 0.146 e. The van der Waals surface area contributed by atoms with Crippen molar-refractivity contribution in [3.05, 3.63) is 89.5 Å². The molecular weight excluding hydrogens is 406 g/mol. The first-order chi connectivity index (χ1) is 15.7. The minimum absolute atomic E-state index is 0.0266. The van der Waals surface area contributed by atoms with Gasteiger partial charge in [-0.25, -0.2) is 0 Å². The van der Waals surface area contributed by atoms with Gasteiger partial charge in [-0.2, -0.15) is 0 Å². The van der Waals surface area contributed by atoms with Crippen LogP contribution in [0.4, 0.5) is 17.1 Å². The van der Waals surface area contributed by atoms with Gasteiger partial charge in [-0.15, -0.1) is 0 Å². The van der Waals surface area contributed by atoms with E-state index in [-0.39, 0.29) is 23.4 Å². The number of anilines is 3. The van der Waals surface area contributed by atoms with Gasteiger partial charge in [0.2, 0.25) is 0 Å². The zero-order valence-electron chi connectivity index (χ0n) is 20.6. The zero-order chi connectivity index (χ0) is 24.1. The number of hydrogen-bond acceptors (Lipinski definition) is 3. The molecule has 3 rings (SSSR count). The predicted octanol–water partition coefficient (Wildman–Crippen LogP) is 7.38. The average molecular weight is 442 g/mol. The van der Waals surface area contributed by atoms with Crippen LogP contribution in [0.3, 0.4) is 0 Å². The monoisotopic (exact) mass is 441 g/mol. The second-order valence-electron chi connectivity index (χ2n) is 9.54. The summed E-state index contributed by atoms with van der Waals surface area (Å²) in [6, 6.07) is 25.2. The summed E-state index contributed by atoms with van der Waals surface area (Å²) in [7, 11) is 0. The summed E-state index contributed by atoms with van der Waals surface area (Å²) in [6.07, 6.45) is 0.448. The maximum absolute atomic E-state index is 12.8. The highest BCUT2D eigenvalue weighted by Crippen LogP contribution is 2.35. The van der Waals surface area contributed by atoms with Gasteiger partial charge >= 0.3 is 0 Å². The molecule has 0 N–H and O–H groups in total. The Kier molecular flexibility index (Phi) is 7.86. The van der Waals surface area contributed by atoms with Gasteiger partial charge in [-0.05, 0) is 62.2 Å². The fourth-order valence-electron chi connectivity index (χ4n) is 4.00. The summed E-state index contributed by atoms with van der Waals surface area (Å²) in [5.41, 5.74) is 6.63. The maximum atomic E-state index is 12.8. The molecule has 3 nitrogen and oxygen atoms in total. The molecule has 3 aromatic carbocycles. The van der Waals surface area contributed by atoms with Crippen LogP contribution in [0.5, 0.6) is 0 Å². The summed E-state index contributed by atoms with van der Waals surface area (Å²) in [4.78, 5) is 27.7. The Bertz CT molecular complexity index is 1010. The minimum atomic E-state index is -0.582. The molecule has 3 aromatic rings. The quantitative estimate of drug-likeness (QED) is 0.325. The lowest BCUT2D eigenvalue weighted by molar-refractivity contribution is -0.136. The van der Waals surface area contributed by atoms with E-state index in [9.17, 15) is 9.59 Å². The number of ketones is 2. The number of carbonyl (C=O) groups is 2. The molecule has 0 spiro atoms. The van der Waals surface area contributed by atoms with E-state index in [4.69, 9.17) is 0 Å². The lowest BCUT2D eigenvalue weighted by Gasteiger charge is -2.26. The van der Waals surface area contributed by atoms with Crippen LogP contribution in [-0.4, -0.2) is 11.6 Å². The van der Waals surface area contributed by atoms with E-state index in [0.29, 0.717) is 6.42 Å². The lowest BCUT2D eigenvalue weighted by Crippen LogP contribution is -2.32. The van der Waals surface area contributed by atoms with Crippen molar-refractivity contribution < 1.29 is 9.59 Å². The Morgan fingerprint density at radius 1 is 0.606 bits per heavy atom. The third kappa shape index (κ3) is 5.98. The summed E-state index contributed by atoms with van der Waals surface area (Å²) < 4.78 is 0. The van der Waals surface area contributed by atoms with Crippen molar-refractivity contribution in [3.8, 4) is 0 Å². The Hall–Kier alpha value is -3.20. The second-order valence-corrected chi connectivity index (χ2v) is 9.54. The fourth-order valence-corrected chi connectivity index (χ4v) is 4.00. The van der Waals surface area contributed by atoms with Gasteiger partial charge in [0.25, 0.3) is 0 Å². The van der Waals surface area contributed by atoms with E-state index in [1.807, 2.05) is 39.8 Å². The SMILES string of the molecule is Cc1ccc(N(c2ccc(C)cc2)c2ccc(CC(C(=O)C(C)C)C(=O)C(C)C)cc2)cc1. The second kappa shape index (κ2) is 10.6.